The van der Waals surface area contributed by atoms with Crippen molar-refractivity contribution >= 4 is 34.4 Å². The Morgan fingerprint density at radius 3 is 2.81 bits per heavy atom. The van der Waals surface area contributed by atoms with E-state index in [1.807, 2.05) is 6.26 Å². The molecule has 2 aromatic rings. The smallest absolute Gasteiger partial charge is 0.244 e. The van der Waals surface area contributed by atoms with Gasteiger partial charge < -0.3 is 14.2 Å². The summed E-state index contributed by atoms with van der Waals surface area (Å²) in [6, 6.07) is 0. The van der Waals surface area contributed by atoms with Crippen molar-refractivity contribution in [3.05, 3.63) is 11.5 Å². The van der Waals surface area contributed by atoms with Gasteiger partial charge in [0.2, 0.25) is 11.2 Å². The molecule has 0 radical (unpaired) electrons. The van der Waals surface area contributed by atoms with Gasteiger partial charge in [0.1, 0.15) is 11.0 Å². The van der Waals surface area contributed by atoms with Crippen molar-refractivity contribution in [1.29, 1.82) is 0 Å². The van der Waals surface area contributed by atoms with E-state index in [0.717, 1.165) is 0 Å². The lowest BCUT2D eigenvalue weighted by Crippen LogP contribution is -2.11. The lowest BCUT2D eigenvalue weighted by Gasteiger charge is -2.07. The van der Waals surface area contributed by atoms with Crippen LogP contribution in [0, 0.1) is 0 Å². The third-order valence-electron chi connectivity index (χ3n) is 2.64. The molecule has 0 aromatic carbocycles. The molecule has 0 saturated carbocycles. The molecule has 0 aliphatic carbocycles. The SMILES string of the molecule is COc1nc(Cl)nc2cnn(CCOCCOCSC)c12. The van der Waals surface area contributed by atoms with Gasteiger partial charge >= 0.3 is 0 Å². The Balaban J connectivity index is 1.90. The maximum Gasteiger partial charge on any atom is 0.244 e. The minimum atomic E-state index is 0.140. The molecule has 116 valence electrons. The topological polar surface area (TPSA) is 71.3 Å². The summed E-state index contributed by atoms with van der Waals surface area (Å²) in [6.45, 7) is 2.24. The van der Waals surface area contributed by atoms with Crippen LogP contribution in [0.5, 0.6) is 5.88 Å². The number of aromatic nitrogens is 4. The molecule has 0 unspecified atom stereocenters. The Morgan fingerprint density at radius 1 is 1.24 bits per heavy atom. The molecule has 0 N–H and O–H groups in total. The van der Waals surface area contributed by atoms with Crippen LogP contribution in [-0.2, 0) is 16.0 Å². The summed E-state index contributed by atoms with van der Waals surface area (Å²) in [5.41, 5.74) is 1.36. The van der Waals surface area contributed by atoms with E-state index < -0.39 is 0 Å². The molecule has 0 fully saturated rings. The first-order valence-electron chi connectivity index (χ1n) is 6.33. The molecule has 2 aromatic heterocycles. The van der Waals surface area contributed by atoms with Crippen LogP contribution < -0.4 is 4.74 Å². The highest BCUT2D eigenvalue weighted by Gasteiger charge is 2.13. The van der Waals surface area contributed by atoms with Crippen LogP contribution in [0.2, 0.25) is 5.28 Å². The van der Waals surface area contributed by atoms with Gasteiger partial charge in [-0.2, -0.15) is 10.1 Å². The minimum Gasteiger partial charge on any atom is -0.479 e. The van der Waals surface area contributed by atoms with Gasteiger partial charge in [0.25, 0.3) is 0 Å². The molecular weight excluding hydrogens is 316 g/mol. The molecular formula is C12H17ClN4O3S. The third-order valence-corrected chi connectivity index (χ3v) is 3.21. The second kappa shape index (κ2) is 8.38. The first-order valence-corrected chi connectivity index (χ1v) is 8.11. The number of nitrogens with zero attached hydrogens (tertiary/aromatic N) is 4. The summed E-state index contributed by atoms with van der Waals surface area (Å²) in [4.78, 5) is 8.15. The number of fused-ring (bicyclic) bond motifs is 1. The number of hydrogen-bond acceptors (Lipinski definition) is 7. The van der Waals surface area contributed by atoms with Crippen LogP contribution in [0.4, 0.5) is 0 Å². The Bertz CT molecular complexity index is 581. The minimum absolute atomic E-state index is 0.140. The molecule has 2 rings (SSSR count). The average Bonchev–Trinajstić information content (AvgIpc) is 2.88. The Hall–Kier alpha value is -1.09. The van der Waals surface area contributed by atoms with Crippen LogP contribution in [0.15, 0.2) is 6.20 Å². The zero-order valence-corrected chi connectivity index (χ0v) is 13.5. The van der Waals surface area contributed by atoms with E-state index in [1.54, 1.807) is 22.6 Å². The van der Waals surface area contributed by atoms with Crippen LogP contribution in [0.25, 0.3) is 11.0 Å². The maximum absolute atomic E-state index is 5.82. The Kier molecular flexibility index (Phi) is 6.50. The van der Waals surface area contributed by atoms with Gasteiger partial charge in [0, 0.05) is 0 Å². The number of hydrogen-bond donors (Lipinski definition) is 0. The summed E-state index contributed by atoms with van der Waals surface area (Å²) in [6.07, 6.45) is 3.62. The summed E-state index contributed by atoms with van der Waals surface area (Å²) >= 11 is 7.46. The number of methoxy groups -OCH3 is 1. The molecule has 0 spiro atoms. The van der Waals surface area contributed by atoms with E-state index >= 15 is 0 Å². The number of halogens is 1. The van der Waals surface area contributed by atoms with E-state index in [-0.39, 0.29) is 5.28 Å². The van der Waals surface area contributed by atoms with Crippen LogP contribution in [0.1, 0.15) is 0 Å². The zero-order valence-electron chi connectivity index (χ0n) is 11.9. The average molecular weight is 333 g/mol. The fourth-order valence-electron chi connectivity index (χ4n) is 1.76. The molecule has 0 aliphatic rings. The normalized spacial score (nSPS) is 11.2. The van der Waals surface area contributed by atoms with Crippen LogP contribution in [-0.4, -0.2) is 58.9 Å². The van der Waals surface area contributed by atoms with Gasteiger partial charge in [-0.05, 0) is 17.9 Å². The van der Waals surface area contributed by atoms with Crippen molar-refractivity contribution < 1.29 is 14.2 Å². The van der Waals surface area contributed by atoms with Gasteiger partial charge in [-0.1, -0.05) is 0 Å². The first-order chi connectivity index (χ1) is 10.3. The van der Waals surface area contributed by atoms with E-state index in [0.29, 0.717) is 49.2 Å². The lowest BCUT2D eigenvalue weighted by atomic mass is 10.4. The highest BCUT2D eigenvalue weighted by atomic mass is 35.5. The zero-order chi connectivity index (χ0) is 15.1. The highest BCUT2D eigenvalue weighted by Crippen LogP contribution is 2.23. The van der Waals surface area contributed by atoms with E-state index in [1.165, 1.54) is 7.11 Å². The summed E-state index contributed by atoms with van der Waals surface area (Å²) in [7, 11) is 1.54. The molecule has 2 heterocycles. The predicted molar refractivity (Wildman–Crippen MR) is 82.0 cm³/mol. The van der Waals surface area contributed by atoms with Gasteiger partial charge in [0.05, 0.1) is 45.6 Å². The van der Waals surface area contributed by atoms with Crippen molar-refractivity contribution in [2.45, 2.75) is 6.54 Å². The van der Waals surface area contributed by atoms with E-state index in [4.69, 9.17) is 25.8 Å². The van der Waals surface area contributed by atoms with Crippen molar-refractivity contribution in [1.82, 2.24) is 19.7 Å². The molecule has 0 bridgehead atoms. The second-order valence-electron chi connectivity index (χ2n) is 4.03. The Labute approximate surface area is 131 Å². The van der Waals surface area contributed by atoms with Crippen molar-refractivity contribution in [3.8, 4) is 5.88 Å². The molecule has 21 heavy (non-hydrogen) atoms. The van der Waals surface area contributed by atoms with E-state index in [9.17, 15) is 0 Å². The predicted octanol–water partition coefficient (Wildman–Crippen LogP) is 1.84. The summed E-state index contributed by atoms with van der Waals surface area (Å²) in [5, 5.41) is 4.39. The van der Waals surface area contributed by atoms with Crippen LogP contribution in [0.3, 0.4) is 0 Å². The van der Waals surface area contributed by atoms with Gasteiger partial charge in [0.15, 0.2) is 0 Å². The lowest BCUT2D eigenvalue weighted by molar-refractivity contribution is 0.0611. The molecule has 0 saturated heterocycles. The number of ether oxygens (including phenoxy) is 3. The van der Waals surface area contributed by atoms with Crippen molar-refractivity contribution in [3.63, 3.8) is 0 Å². The van der Waals surface area contributed by atoms with E-state index in [2.05, 4.69) is 15.1 Å². The second-order valence-corrected chi connectivity index (χ2v) is 5.18. The fraction of sp³-hybridized carbons (Fsp3) is 0.583. The monoisotopic (exact) mass is 332 g/mol. The van der Waals surface area contributed by atoms with Gasteiger partial charge in [-0.25, -0.2) is 4.98 Å². The molecule has 7 nitrogen and oxygen atoms in total. The molecule has 9 heteroatoms. The first kappa shape index (κ1) is 16.3. The molecule has 0 aliphatic heterocycles. The summed E-state index contributed by atoms with van der Waals surface area (Å²) < 4.78 is 17.8. The van der Waals surface area contributed by atoms with Gasteiger partial charge in [-0.3, -0.25) is 4.68 Å². The highest BCUT2D eigenvalue weighted by molar-refractivity contribution is 7.98. The third kappa shape index (κ3) is 4.44. The molecule has 0 amide bonds. The standard InChI is InChI=1S/C12H17ClN4O3S/c1-18-11-10-9(15-12(13)16-11)7-14-17(10)3-4-19-5-6-20-8-21-2/h7H,3-6,8H2,1-2H3. The quantitative estimate of drug-likeness (QED) is 0.394. The Morgan fingerprint density at radius 2 is 2.05 bits per heavy atom. The summed E-state index contributed by atoms with van der Waals surface area (Å²) in [5.74, 6) is 1.09. The van der Waals surface area contributed by atoms with Crippen LogP contribution >= 0.6 is 23.4 Å². The number of rotatable bonds is 9. The van der Waals surface area contributed by atoms with Crippen molar-refractivity contribution in [2.75, 3.05) is 39.1 Å². The molecule has 0 atom stereocenters. The number of thioether (sulfide) groups is 1. The largest absolute Gasteiger partial charge is 0.479 e. The van der Waals surface area contributed by atoms with Gasteiger partial charge in [-0.15, -0.1) is 11.8 Å². The fourth-order valence-corrected chi connectivity index (χ4v) is 2.22. The van der Waals surface area contributed by atoms with Crippen molar-refractivity contribution in [2.24, 2.45) is 0 Å². The maximum atomic E-state index is 5.82.